The van der Waals surface area contributed by atoms with Gasteiger partial charge in [-0.15, -0.1) is 0 Å². The molecule has 3 nitrogen and oxygen atoms in total. The zero-order valence-corrected chi connectivity index (χ0v) is 12.0. The van der Waals surface area contributed by atoms with E-state index in [9.17, 15) is 4.79 Å². The largest absolute Gasteiger partial charge is 0.355 e. The maximum atomic E-state index is 10.8. The zero-order valence-electron chi connectivity index (χ0n) is 12.0. The van der Waals surface area contributed by atoms with E-state index >= 15 is 0 Å². The molecule has 0 saturated carbocycles. The summed E-state index contributed by atoms with van der Waals surface area (Å²) in [4.78, 5) is 10.8. The van der Waals surface area contributed by atoms with Crippen molar-refractivity contribution in [2.75, 3.05) is 13.1 Å². The van der Waals surface area contributed by atoms with Crippen LogP contribution >= 0.6 is 0 Å². The van der Waals surface area contributed by atoms with E-state index in [-0.39, 0.29) is 5.91 Å². The number of benzene rings is 1. The Hall–Kier alpha value is -1.35. The molecular formula is C16H24N2O. The van der Waals surface area contributed by atoms with Crippen LogP contribution in [0.3, 0.4) is 0 Å². The minimum absolute atomic E-state index is 0.0308. The number of hydrogen-bond donors (Lipinski definition) is 2. The van der Waals surface area contributed by atoms with Gasteiger partial charge in [-0.2, -0.15) is 0 Å². The SMILES string of the molecule is CC(=O)NCCNC(C)c1ccc2c(c1)CCCC2. The van der Waals surface area contributed by atoms with Gasteiger partial charge in [-0.3, -0.25) is 4.79 Å². The van der Waals surface area contributed by atoms with Crippen LogP contribution in [-0.2, 0) is 17.6 Å². The third kappa shape index (κ3) is 4.06. The molecule has 1 aliphatic rings. The van der Waals surface area contributed by atoms with E-state index in [0.717, 1.165) is 6.54 Å². The van der Waals surface area contributed by atoms with Crippen molar-refractivity contribution in [3.63, 3.8) is 0 Å². The van der Waals surface area contributed by atoms with Gasteiger partial charge in [-0.05, 0) is 49.3 Å². The van der Waals surface area contributed by atoms with Crippen LogP contribution in [0.1, 0.15) is 49.4 Å². The molecule has 0 bridgehead atoms. The monoisotopic (exact) mass is 260 g/mol. The van der Waals surface area contributed by atoms with Gasteiger partial charge in [0.05, 0.1) is 0 Å². The maximum absolute atomic E-state index is 10.8. The average molecular weight is 260 g/mol. The summed E-state index contributed by atoms with van der Waals surface area (Å²) >= 11 is 0. The van der Waals surface area contributed by atoms with Crippen LogP contribution in [0.2, 0.25) is 0 Å². The molecule has 0 saturated heterocycles. The molecule has 0 spiro atoms. The molecule has 1 aliphatic carbocycles. The first-order valence-electron chi connectivity index (χ1n) is 7.26. The third-order valence-electron chi connectivity index (χ3n) is 3.82. The topological polar surface area (TPSA) is 41.1 Å². The Labute approximate surface area is 115 Å². The number of amides is 1. The van der Waals surface area contributed by atoms with Crippen LogP contribution in [-0.4, -0.2) is 19.0 Å². The smallest absolute Gasteiger partial charge is 0.216 e. The van der Waals surface area contributed by atoms with Crippen molar-refractivity contribution in [3.05, 3.63) is 34.9 Å². The van der Waals surface area contributed by atoms with Gasteiger partial charge in [-0.25, -0.2) is 0 Å². The molecule has 1 unspecified atom stereocenters. The van der Waals surface area contributed by atoms with Crippen molar-refractivity contribution in [3.8, 4) is 0 Å². The first-order valence-corrected chi connectivity index (χ1v) is 7.26. The van der Waals surface area contributed by atoms with E-state index in [0.29, 0.717) is 12.6 Å². The first kappa shape index (κ1) is 14.1. The van der Waals surface area contributed by atoms with E-state index < -0.39 is 0 Å². The van der Waals surface area contributed by atoms with Gasteiger partial charge in [0.1, 0.15) is 0 Å². The molecule has 2 rings (SSSR count). The standard InChI is InChI=1S/C16H24N2O/c1-12(17-9-10-18-13(2)19)15-8-7-14-5-3-4-6-16(14)11-15/h7-8,11-12,17H,3-6,9-10H2,1-2H3,(H,18,19). The van der Waals surface area contributed by atoms with Gasteiger partial charge >= 0.3 is 0 Å². The number of rotatable bonds is 5. The molecule has 2 N–H and O–H groups in total. The number of carbonyl (C=O) groups is 1. The van der Waals surface area contributed by atoms with Crippen molar-refractivity contribution in [2.45, 2.75) is 45.6 Å². The summed E-state index contributed by atoms with van der Waals surface area (Å²) < 4.78 is 0. The normalized spacial score (nSPS) is 15.7. The molecule has 3 heteroatoms. The molecule has 0 heterocycles. The quantitative estimate of drug-likeness (QED) is 0.798. The molecular weight excluding hydrogens is 236 g/mol. The molecule has 1 aromatic carbocycles. The second kappa shape index (κ2) is 6.71. The van der Waals surface area contributed by atoms with Crippen LogP contribution in [0.4, 0.5) is 0 Å². The van der Waals surface area contributed by atoms with Crippen molar-refractivity contribution in [2.24, 2.45) is 0 Å². The van der Waals surface area contributed by atoms with Crippen LogP contribution in [0.15, 0.2) is 18.2 Å². The Bertz CT molecular complexity index is 442. The fraction of sp³-hybridized carbons (Fsp3) is 0.562. The maximum Gasteiger partial charge on any atom is 0.216 e. The van der Waals surface area contributed by atoms with E-state index in [1.807, 2.05) is 0 Å². The fourth-order valence-corrected chi connectivity index (χ4v) is 2.67. The molecule has 0 fully saturated rings. The summed E-state index contributed by atoms with van der Waals surface area (Å²) in [5.74, 6) is 0.0308. The van der Waals surface area contributed by atoms with Crippen LogP contribution in [0.5, 0.6) is 0 Å². The highest BCUT2D eigenvalue weighted by atomic mass is 16.1. The Balaban J connectivity index is 1.88. The van der Waals surface area contributed by atoms with E-state index in [1.165, 1.54) is 42.4 Å². The summed E-state index contributed by atoms with van der Waals surface area (Å²) in [5, 5.41) is 6.25. The van der Waals surface area contributed by atoms with Crippen molar-refractivity contribution >= 4 is 5.91 Å². The molecule has 1 aromatic rings. The second-order valence-corrected chi connectivity index (χ2v) is 5.39. The van der Waals surface area contributed by atoms with Crippen molar-refractivity contribution in [1.82, 2.24) is 10.6 Å². The lowest BCUT2D eigenvalue weighted by molar-refractivity contribution is -0.118. The molecule has 19 heavy (non-hydrogen) atoms. The predicted octanol–water partition coefficient (Wildman–Crippen LogP) is 2.35. The van der Waals surface area contributed by atoms with Gasteiger partial charge in [0, 0.05) is 26.1 Å². The summed E-state index contributed by atoms with van der Waals surface area (Å²) in [7, 11) is 0. The number of nitrogens with one attached hydrogen (secondary N) is 2. The highest BCUT2D eigenvalue weighted by Crippen LogP contribution is 2.24. The first-order chi connectivity index (χ1) is 9.16. The second-order valence-electron chi connectivity index (χ2n) is 5.39. The Morgan fingerprint density at radius 2 is 1.95 bits per heavy atom. The highest BCUT2D eigenvalue weighted by Gasteiger charge is 2.11. The van der Waals surface area contributed by atoms with Gasteiger partial charge in [0.2, 0.25) is 5.91 Å². The summed E-state index contributed by atoms with van der Waals surface area (Å²) in [6, 6.07) is 7.21. The lowest BCUT2D eigenvalue weighted by atomic mass is 9.89. The van der Waals surface area contributed by atoms with Gasteiger partial charge in [0.15, 0.2) is 0 Å². The number of carbonyl (C=O) groups excluding carboxylic acids is 1. The fourth-order valence-electron chi connectivity index (χ4n) is 2.67. The molecule has 0 radical (unpaired) electrons. The Morgan fingerprint density at radius 3 is 2.68 bits per heavy atom. The van der Waals surface area contributed by atoms with Crippen LogP contribution in [0, 0.1) is 0 Å². The molecule has 1 amide bonds. The van der Waals surface area contributed by atoms with Crippen molar-refractivity contribution < 1.29 is 4.79 Å². The number of hydrogen-bond acceptors (Lipinski definition) is 2. The number of aryl methyl sites for hydroxylation is 2. The van der Waals surface area contributed by atoms with Gasteiger partial charge in [0.25, 0.3) is 0 Å². The summed E-state index contributed by atoms with van der Waals surface area (Å²) in [6.45, 7) is 5.22. The van der Waals surface area contributed by atoms with E-state index in [1.54, 1.807) is 6.92 Å². The van der Waals surface area contributed by atoms with Gasteiger partial charge < -0.3 is 10.6 Å². The zero-order chi connectivity index (χ0) is 13.7. The molecule has 0 aromatic heterocycles. The highest BCUT2D eigenvalue weighted by molar-refractivity contribution is 5.72. The number of fused-ring (bicyclic) bond motifs is 1. The average Bonchev–Trinajstić information content (AvgIpc) is 2.42. The minimum atomic E-state index is 0.0308. The minimum Gasteiger partial charge on any atom is -0.355 e. The summed E-state index contributed by atoms with van der Waals surface area (Å²) in [5.41, 5.74) is 4.41. The molecule has 1 atom stereocenters. The Kier molecular flexibility index (Phi) is 4.97. The lowest BCUT2D eigenvalue weighted by Crippen LogP contribution is -2.31. The summed E-state index contributed by atoms with van der Waals surface area (Å²) in [6.07, 6.45) is 5.11. The molecule has 104 valence electrons. The Morgan fingerprint density at radius 1 is 1.21 bits per heavy atom. The third-order valence-corrected chi connectivity index (χ3v) is 3.82. The molecule has 0 aliphatic heterocycles. The predicted molar refractivity (Wildman–Crippen MR) is 78.2 cm³/mol. The van der Waals surface area contributed by atoms with Crippen molar-refractivity contribution in [1.29, 1.82) is 0 Å². The van der Waals surface area contributed by atoms with Crippen LogP contribution < -0.4 is 10.6 Å². The van der Waals surface area contributed by atoms with Gasteiger partial charge in [-0.1, -0.05) is 18.2 Å². The van der Waals surface area contributed by atoms with E-state index in [4.69, 9.17) is 0 Å². The lowest BCUT2D eigenvalue weighted by Gasteiger charge is -2.20. The van der Waals surface area contributed by atoms with E-state index in [2.05, 4.69) is 35.8 Å². The van der Waals surface area contributed by atoms with Crippen LogP contribution in [0.25, 0.3) is 0 Å².